The highest BCUT2D eigenvalue weighted by Crippen LogP contribution is 2.38. The number of nitrogens with zero attached hydrogens (tertiary/aromatic N) is 1. The molecule has 7 heteroatoms. The molecule has 0 amide bonds. The van der Waals surface area contributed by atoms with Crippen molar-refractivity contribution in [3.8, 4) is 11.5 Å². The lowest BCUT2D eigenvalue weighted by atomic mass is 10.0. The molecule has 0 unspecified atom stereocenters. The molecule has 2 heterocycles. The van der Waals surface area contributed by atoms with Crippen molar-refractivity contribution >= 4 is 16.6 Å². The molecule has 1 aliphatic heterocycles. The Balaban J connectivity index is 2.06. The van der Waals surface area contributed by atoms with Gasteiger partial charge in [-0.1, -0.05) is 0 Å². The lowest BCUT2D eigenvalue weighted by Crippen LogP contribution is -2.49. The van der Waals surface area contributed by atoms with E-state index in [0.29, 0.717) is 17.3 Å². The minimum absolute atomic E-state index is 0.176. The van der Waals surface area contributed by atoms with E-state index in [4.69, 9.17) is 9.47 Å². The fourth-order valence-corrected chi connectivity index (χ4v) is 2.18. The van der Waals surface area contributed by atoms with Gasteiger partial charge >= 0.3 is 0 Å². The van der Waals surface area contributed by atoms with Crippen LogP contribution in [0.1, 0.15) is 0 Å². The molecule has 0 fully saturated rings. The van der Waals surface area contributed by atoms with Gasteiger partial charge < -0.3 is 30.1 Å². The van der Waals surface area contributed by atoms with Gasteiger partial charge in [-0.3, -0.25) is 0 Å². The summed E-state index contributed by atoms with van der Waals surface area (Å²) < 4.78 is 10.7. The van der Waals surface area contributed by atoms with Crippen LogP contribution < -0.4 is 14.8 Å². The van der Waals surface area contributed by atoms with Crippen molar-refractivity contribution in [1.29, 1.82) is 0 Å². The zero-order valence-corrected chi connectivity index (χ0v) is 11.2. The Hall–Kier alpha value is -2.09. The van der Waals surface area contributed by atoms with Crippen molar-refractivity contribution in [2.45, 2.75) is 5.54 Å². The minimum Gasteiger partial charge on any atom is -0.454 e. The molecule has 0 saturated carbocycles. The number of pyridine rings is 1. The Bertz CT molecular complexity index is 649. The molecule has 1 aromatic heterocycles. The number of ether oxygens (including phenoxy) is 2. The Morgan fingerprint density at radius 2 is 1.76 bits per heavy atom. The van der Waals surface area contributed by atoms with Crippen LogP contribution in [0.15, 0.2) is 24.4 Å². The van der Waals surface area contributed by atoms with E-state index >= 15 is 0 Å². The van der Waals surface area contributed by atoms with Gasteiger partial charge in [0.15, 0.2) is 11.5 Å². The first-order valence-corrected chi connectivity index (χ1v) is 6.50. The number of anilines is 1. The SMILES string of the molecule is OCC(CO)(CO)Nc1nccc2cc3c(cc12)OCO3. The normalized spacial score (nSPS) is 13.7. The second-order valence-corrected chi connectivity index (χ2v) is 4.97. The van der Waals surface area contributed by atoms with E-state index in [1.54, 1.807) is 12.3 Å². The van der Waals surface area contributed by atoms with Crippen LogP contribution in [-0.4, -0.2) is 52.5 Å². The molecule has 0 bridgehead atoms. The van der Waals surface area contributed by atoms with Crippen molar-refractivity contribution in [1.82, 2.24) is 4.98 Å². The molecule has 4 N–H and O–H groups in total. The van der Waals surface area contributed by atoms with Gasteiger partial charge in [-0.25, -0.2) is 4.98 Å². The number of hydrogen-bond donors (Lipinski definition) is 4. The number of hydrogen-bond acceptors (Lipinski definition) is 7. The van der Waals surface area contributed by atoms with Crippen molar-refractivity contribution in [2.24, 2.45) is 0 Å². The summed E-state index contributed by atoms with van der Waals surface area (Å²) >= 11 is 0. The van der Waals surface area contributed by atoms with Gasteiger partial charge in [-0.15, -0.1) is 0 Å². The third kappa shape index (κ3) is 2.35. The summed E-state index contributed by atoms with van der Waals surface area (Å²) in [4.78, 5) is 4.22. The zero-order valence-electron chi connectivity index (χ0n) is 11.2. The van der Waals surface area contributed by atoms with Gasteiger partial charge in [0.05, 0.1) is 19.8 Å². The van der Waals surface area contributed by atoms with Crippen molar-refractivity contribution < 1.29 is 24.8 Å². The molecule has 7 nitrogen and oxygen atoms in total. The summed E-state index contributed by atoms with van der Waals surface area (Å²) in [6.07, 6.45) is 1.60. The third-order valence-corrected chi connectivity index (χ3v) is 3.55. The smallest absolute Gasteiger partial charge is 0.231 e. The lowest BCUT2D eigenvalue weighted by Gasteiger charge is -2.29. The Morgan fingerprint density at radius 1 is 1.10 bits per heavy atom. The number of nitrogens with one attached hydrogen (secondary N) is 1. The second kappa shape index (κ2) is 5.36. The molecular weight excluding hydrogens is 276 g/mol. The molecular formula is C14H16N2O5. The van der Waals surface area contributed by atoms with Gasteiger partial charge in [-0.05, 0) is 23.6 Å². The van der Waals surface area contributed by atoms with Crippen molar-refractivity contribution in [3.05, 3.63) is 24.4 Å². The zero-order chi connectivity index (χ0) is 14.9. The topological polar surface area (TPSA) is 104 Å². The quantitative estimate of drug-likeness (QED) is 0.619. The van der Waals surface area contributed by atoms with E-state index in [-0.39, 0.29) is 6.79 Å². The second-order valence-electron chi connectivity index (χ2n) is 4.97. The summed E-state index contributed by atoms with van der Waals surface area (Å²) in [5, 5.41) is 32.8. The van der Waals surface area contributed by atoms with Gasteiger partial charge in [-0.2, -0.15) is 0 Å². The Kier molecular flexibility index (Phi) is 3.54. The third-order valence-electron chi connectivity index (χ3n) is 3.55. The number of aromatic nitrogens is 1. The molecule has 2 aromatic rings. The molecule has 0 aliphatic carbocycles. The molecule has 3 rings (SSSR count). The summed E-state index contributed by atoms with van der Waals surface area (Å²) in [7, 11) is 0. The lowest BCUT2D eigenvalue weighted by molar-refractivity contribution is 0.0832. The van der Waals surface area contributed by atoms with E-state index in [0.717, 1.165) is 10.8 Å². The molecule has 0 atom stereocenters. The molecule has 21 heavy (non-hydrogen) atoms. The van der Waals surface area contributed by atoms with Crippen LogP contribution in [0.25, 0.3) is 10.8 Å². The Labute approximate surface area is 120 Å². The minimum atomic E-state index is -1.24. The largest absolute Gasteiger partial charge is 0.454 e. The maximum atomic E-state index is 9.41. The molecule has 1 aromatic carbocycles. The number of benzene rings is 1. The van der Waals surface area contributed by atoms with E-state index < -0.39 is 25.4 Å². The summed E-state index contributed by atoms with van der Waals surface area (Å²) in [6, 6.07) is 5.44. The van der Waals surface area contributed by atoms with Crippen LogP contribution in [0.3, 0.4) is 0 Å². The molecule has 0 spiro atoms. The average molecular weight is 292 g/mol. The van der Waals surface area contributed by atoms with Gasteiger partial charge in [0.25, 0.3) is 0 Å². The monoisotopic (exact) mass is 292 g/mol. The maximum Gasteiger partial charge on any atom is 0.231 e. The number of aliphatic hydroxyl groups is 3. The van der Waals surface area contributed by atoms with Crippen LogP contribution in [0.5, 0.6) is 11.5 Å². The van der Waals surface area contributed by atoms with Gasteiger partial charge in [0.2, 0.25) is 6.79 Å². The molecule has 0 saturated heterocycles. The average Bonchev–Trinajstić information content (AvgIpc) is 2.98. The van der Waals surface area contributed by atoms with Crippen molar-refractivity contribution in [2.75, 3.05) is 31.9 Å². The Morgan fingerprint density at radius 3 is 2.43 bits per heavy atom. The predicted molar refractivity (Wildman–Crippen MR) is 75.5 cm³/mol. The molecule has 1 aliphatic rings. The maximum absolute atomic E-state index is 9.41. The van der Waals surface area contributed by atoms with Gasteiger partial charge in [0.1, 0.15) is 11.4 Å². The highest BCUT2D eigenvalue weighted by molar-refractivity contribution is 5.94. The predicted octanol–water partition coefficient (Wildman–Crippen LogP) is 0.0911. The van der Waals surface area contributed by atoms with Crippen LogP contribution in [0.2, 0.25) is 0 Å². The number of aliphatic hydroxyl groups excluding tert-OH is 3. The number of rotatable bonds is 5. The van der Waals surface area contributed by atoms with Crippen LogP contribution in [0, 0.1) is 0 Å². The summed E-state index contributed by atoms with van der Waals surface area (Å²) in [6.45, 7) is -1.11. The van der Waals surface area contributed by atoms with Gasteiger partial charge in [0, 0.05) is 11.6 Å². The molecule has 112 valence electrons. The first-order valence-electron chi connectivity index (χ1n) is 6.50. The summed E-state index contributed by atoms with van der Waals surface area (Å²) in [5.74, 6) is 1.72. The fraction of sp³-hybridized carbons (Fsp3) is 0.357. The van der Waals surface area contributed by atoms with E-state index in [2.05, 4.69) is 10.3 Å². The number of fused-ring (bicyclic) bond motifs is 2. The standard InChI is InChI=1S/C14H16N2O5/c17-5-14(6-18,7-19)16-13-10-4-12-11(20-8-21-12)3-9(10)1-2-15-13/h1-4,17-19H,5-8H2,(H,15,16). The summed E-state index contributed by atoms with van der Waals surface area (Å²) in [5.41, 5.74) is -1.24. The van der Waals surface area contributed by atoms with Crippen LogP contribution in [-0.2, 0) is 0 Å². The van der Waals surface area contributed by atoms with E-state index in [1.165, 1.54) is 0 Å². The van der Waals surface area contributed by atoms with Crippen LogP contribution >= 0.6 is 0 Å². The first kappa shape index (κ1) is 13.9. The van der Waals surface area contributed by atoms with Crippen LogP contribution in [0.4, 0.5) is 5.82 Å². The molecule has 0 radical (unpaired) electrons. The first-order chi connectivity index (χ1) is 10.2. The van der Waals surface area contributed by atoms with E-state index in [1.807, 2.05) is 12.1 Å². The fourth-order valence-electron chi connectivity index (χ4n) is 2.18. The van der Waals surface area contributed by atoms with E-state index in [9.17, 15) is 15.3 Å². The highest BCUT2D eigenvalue weighted by atomic mass is 16.7. The van der Waals surface area contributed by atoms with Crippen molar-refractivity contribution in [3.63, 3.8) is 0 Å². The highest BCUT2D eigenvalue weighted by Gasteiger charge is 2.29.